The molecule has 7 nitrogen and oxygen atoms in total. The summed E-state index contributed by atoms with van der Waals surface area (Å²) in [5.41, 5.74) is 0. The fourth-order valence-electron chi connectivity index (χ4n) is 2.19. The van der Waals surface area contributed by atoms with Crippen molar-refractivity contribution in [2.24, 2.45) is 5.92 Å². The molecule has 20 heavy (non-hydrogen) atoms. The minimum atomic E-state index is -0.222. The number of hydrogen-bond donors (Lipinski definition) is 1. The summed E-state index contributed by atoms with van der Waals surface area (Å²) in [4.78, 5) is 25.3. The highest BCUT2D eigenvalue weighted by Crippen LogP contribution is 2.19. The maximum Gasteiger partial charge on any atom is 0.323 e. The molecular weight excluding hydrogens is 262 g/mol. The van der Waals surface area contributed by atoms with Gasteiger partial charge in [0, 0.05) is 19.2 Å². The van der Waals surface area contributed by atoms with E-state index >= 15 is 0 Å². The van der Waals surface area contributed by atoms with Crippen molar-refractivity contribution in [1.82, 2.24) is 10.1 Å². The van der Waals surface area contributed by atoms with Crippen LogP contribution in [0.25, 0.3) is 0 Å². The Morgan fingerprint density at radius 3 is 2.75 bits per heavy atom. The van der Waals surface area contributed by atoms with Gasteiger partial charge < -0.3 is 14.2 Å². The zero-order chi connectivity index (χ0) is 14.5. The third-order valence-corrected chi connectivity index (χ3v) is 3.27. The number of aryl methyl sites for hydroxylation is 1. The van der Waals surface area contributed by atoms with Crippen LogP contribution >= 0.6 is 0 Å². The summed E-state index contributed by atoms with van der Waals surface area (Å²) >= 11 is 0. The molecule has 0 unspecified atom stereocenters. The molecule has 1 N–H and O–H groups in total. The van der Waals surface area contributed by atoms with E-state index in [4.69, 9.17) is 9.26 Å². The van der Waals surface area contributed by atoms with Crippen molar-refractivity contribution in [2.45, 2.75) is 26.7 Å². The minimum Gasteiger partial charge on any atom is -0.466 e. The maximum atomic E-state index is 12.0. The minimum absolute atomic E-state index is 0.103. The second kappa shape index (κ2) is 6.40. The Morgan fingerprint density at radius 2 is 2.20 bits per heavy atom. The number of carbonyl (C=O) groups excluding carboxylic acids is 2. The van der Waals surface area contributed by atoms with Crippen LogP contribution in [0.3, 0.4) is 0 Å². The number of nitrogens with one attached hydrogen (secondary N) is 1. The van der Waals surface area contributed by atoms with Crippen molar-refractivity contribution in [3.05, 3.63) is 11.8 Å². The molecule has 2 heterocycles. The van der Waals surface area contributed by atoms with Crippen LogP contribution in [0, 0.1) is 12.8 Å². The Morgan fingerprint density at radius 1 is 1.50 bits per heavy atom. The van der Waals surface area contributed by atoms with E-state index in [-0.39, 0.29) is 17.9 Å². The molecule has 0 saturated carbocycles. The Bertz CT molecular complexity index is 478. The average Bonchev–Trinajstić information content (AvgIpc) is 2.84. The SMILES string of the molecule is CCOC(=O)C1CCN(C(=O)Nc2cc(C)on2)CC1. The standard InChI is InChI=1S/C13H19N3O4/c1-3-19-12(17)10-4-6-16(7-5-10)13(18)14-11-8-9(2)20-15-11/h8,10H,3-7H2,1-2H3,(H,14,15,18). The van der Waals surface area contributed by atoms with E-state index in [2.05, 4.69) is 10.5 Å². The molecule has 1 saturated heterocycles. The Balaban J connectivity index is 1.81. The average molecular weight is 281 g/mol. The van der Waals surface area contributed by atoms with Crippen molar-refractivity contribution in [2.75, 3.05) is 25.0 Å². The van der Waals surface area contributed by atoms with Crippen LogP contribution in [-0.2, 0) is 9.53 Å². The molecule has 1 aromatic rings. The number of rotatable bonds is 3. The van der Waals surface area contributed by atoms with Gasteiger partial charge >= 0.3 is 12.0 Å². The fourth-order valence-corrected chi connectivity index (χ4v) is 2.19. The van der Waals surface area contributed by atoms with Crippen molar-refractivity contribution < 1.29 is 18.8 Å². The molecule has 0 bridgehead atoms. The highest BCUT2D eigenvalue weighted by molar-refractivity contribution is 5.88. The van der Waals surface area contributed by atoms with Gasteiger partial charge in [-0.05, 0) is 26.7 Å². The van der Waals surface area contributed by atoms with Gasteiger partial charge in [-0.25, -0.2) is 4.79 Å². The van der Waals surface area contributed by atoms with E-state index in [9.17, 15) is 9.59 Å². The summed E-state index contributed by atoms with van der Waals surface area (Å²) < 4.78 is 9.88. The highest BCUT2D eigenvalue weighted by Gasteiger charge is 2.28. The Hall–Kier alpha value is -2.05. The quantitative estimate of drug-likeness (QED) is 0.854. The number of nitrogens with zero attached hydrogens (tertiary/aromatic N) is 2. The number of hydrogen-bond acceptors (Lipinski definition) is 5. The fraction of sp³-hybridized carbons (Fsp3) is 0.615. The first kappa shape index (κ1) is 14.4. The summed E-state index contributed by atoms with van der Waals surface area (Å²) in [6.07, 6.45) is 1.26. The lowest BCUT2D eigenvalue weighted by Gasteiger charge is -2.30. The molecule has 1 aliphatic rings. The van der Waals surface area contributed by atoms with E-state index in [0.29, 0.717) is 44.1 Å². The molecule has 110 valence electrons. The predicted octanol–water partition coefficient (Wildman–Crippen LogP) is 1.79. The van der Waals surface area contributed by atoms with Crippen LogP contribution in [-0.4, -0.2) is 41.8 Å². The number of amides is 2. The second-order valence-corrected chi connectivity index (χ2v) is 4.77. The van der Waals surface area contributed by atoms with E-state index < -0.39 is 0 Å². The number of esters is 1. The van der Waals surface area contributed by atoms with Crippen LogP contribution in [0.2, 0.25) is 0 Å². The number of ether oxygens (including phenoxy) is 1. The van der Waals surface area contributed by atoms with Gasteiger partial charge in [-0.1, -0.05) is 5.16 Å². The molecule has 1 aromatic heterocycles. The molecule has 0 spiro atoms. The zero-order valence-corrected chi connectivity index (χ0v) is 11.7. The zero-order valence-electron chi connectivity index (χ0n) is 11.7. The molecule has 7 heteroatoms. The van der Waals surface area contributed by atoms with Crippen LogP contribution in [0.1, 0.15) is 25.5 Å². The molecule has 2 amide bonds. The molecule has 1 fully saturated rings. The van der Waals surface area contributed by atoms with Crippen LogP contribution in [0.4, 0.5) is 10.6 Å². The van der Waals surface area contributed by atoms with E-state index in [1.807, 2.05) is 0 Å². The van der Waals surface area contributed by atoms with E-state index in [0.717, 1.165) is 0 Å². The van der Waals surface area contributed by atoms with Gasteiger partial charge in [0.15, 0.2) is 5.82 Å². The normalized spacial score (nSPS) is 16.0. The van der Waals surface area contributed by atoms with Crippen LogP contribution < -0.4 is 5.32 Å². The molecule has 0 aliphatic carbocycles. The summed E-state index contributed by atoms with van der Waals surface area (Å²) in [6.45, 7) is 5.01. The first-order chi connectivity index (χ1) is 9.60. The van der Waals surface area contributed by atoms with Crippen LogP contribution in [0.15, 0.2) is 10.6 Å². The van der Waals surface area contributed by atoms with Gasteiger partial charge in [0.2, 0.25) is 0 Å². The maximum absolute atomic E-state index is 12.0. The lowest BCUT2D eigenvalue weighted by Crippen LogP contribution is -2.42. The Labute approximate surface area is 117 Å². The van der Waals surface area contributed by atoms with E-state index in [1.165, 1.54) is 0 Å². The number of piperidine rings is 1. The van der Waals surface area contributed by atoms with Gasteiger partial charge in [0.05, 0.1) is 12.5 Å². The summed E-state index contributed by atoms with van der Waals surface area (Å²) in [6, 6.07) is 1.43. The predicted molar refractivity (Wildman–Crippen MR) is 71.2 cm³/mol. The van der Waals surface area contributed by atoms with Gasteiger partial charge in [0.25, 0.3) is 0 Å². The first-order valence-corrected chi connectivity index (χ1v) is 6.76. The van der Waals surface area contributed by atoms with Crippen molar-refractivity contribution in [3.63, 3.8) is 0 Å². The molecule has 0 radical (unpaired) electrons. The third-order valence-electron chi connectivity index (χ3n) is 3.27. The summed E-state index contributed by atoms with van der Waals surface area (Å²) in [5.74, 6) is 0.773. The van der Waals surface area contributed by atoms with Gasteiger partial charge in [0.1, 0.15) is 5.76 Å². The van der Waals surface area contributed by atoms with Gasteiger partial charge in [-0.2, -0.15) is 0 Å². The summed E-state index contributed by atoms with van der Waals surface area (Å²) in [5, 5.41) is 6.38. The number of urea groups is 1. The number of likely N-dealkylation sites (tertiary alicyclic amines) is 1. The molecule has 2 rings (SSSR count). The lowest BCUT2D eigenvalue weighted by molar-refractivity contribution is -0.149. The Kier molecular flexibility index (Phi) is 4.60. The largest absolute Gasteiger partial charge is 0.466 e. The van der Waals surface area contributed by atoms with E-state index in [1.54, 1.807) is 24.8 Å². The van der Waals surface area contributed by atoms with Crippen molar-refractivity contribution >= 4 is 17.8 Å². The van der Waals surface area contributed by atoms with Gasteiger partial charge in [-0.3, -0.25) is 10.1 Å². The second-order valence-electron chi connectivity index (χ2n) is 4.77. The molecule has 0 aromatic carbocycles. The molecule has 1 aliphatic heterocycles. The number of anilines is 1. The van der Waals surface area contributed by atoms with Crippen molar-refractivity contribution in [1.29, 1.82) is 0 Å². The molecular formula is C13H19N3O4. The van der Waals surface area contributed by atoms with Crippen molar-refractivity contribution in [3.8, 4) is 0 Å². The van der Waals surface area contributed by atoms with Crippen LogP contribution in [0.5, 0.6) is 0 Å². The monoisotopic (exact) mass is 281 g/mol. The number of carbonyl (C=O) groups is 2. The lowest BCUT2D eigenvalue weighted by atomic mass is 9.97. The highest BCUT2D eigenvalue weighted by atomic mass is 16.5. The van der Waals surface area contributed by atoms with Gasteiger partial charge in [-0.15, -0.1) is 0 Å². The third kappa shape index (κ3) is 3.49. The molecule has 0 atom stereocenters. The summed E-state index contributed by atoms with van der Waals surface area (Å²) in [7, 11) is 0. The number of aromatic nitrogens is 1. The first-order valence-electron chi connectivity index (χ1n) is 6.76. The topological polar surface area (TPSA) is 84.7 Å². The smallest absolute Gasteiger partial charge is 0.323 e.